The summed E-state index contributed by atoms with van der Waals surface area (Å²) in [5, 5.41) is 23.3. The van der Waals surface area contributed by atoms with Crippen LogP contribution in [-0.2, 0) is 30.2 Å². The number of esters is 1. The zero-order chi connectivity index (χ0) is 73.4. The number of anilines is 6. The maximum absolute atomic E-state index is 12.3. The molecule has 7 aromatic heterocycles. The third kappa shape index (κ3) is 16.5. The van der Waals surface area contributed by atoms with Crippen LogP contribution in [0.25, 0.3) is 66.7 Å². The number of rotatable bonds is 26. The van der Waals surface area contributed by atoms with E-state index in [1.54, 1.807) is 70.7 Å². The summed E-state index contributed by atoms with van der Waals surface area (Å²) in [6.07, 6.45) is 23.0. The van der Waals surface area contributed by atoms with E-state index in [4.69, 9.17) is 62.6 Å². The number of aryl methyl sites for hydroxylation is 2. The standard InChI is InChI=1S/C29H33N5O3.C28H30N4O4.C25H23N5O3/c1-36-25-11-23(12-26(14-25)37-2)33(17-19-3-4-19)22-5-6-27-28(13-22)32-29(16-30-27)21-15-31-34(18-21)24-9-20(10-24)7-8-35;1-5-36-28(33)25-10-19(25)17-32(22-11-23(34-3)14-24(12-22)35-4)21-8-6-18-7-9-26(30-27(18)13-21)20-15-29-31(2)16-20;1-29-15-17(13-27-29)25-14-26-23-7-6-18(11-24(23)28-25)30(16-20-5-4-8-33-20)19-9-21(31-2)12-22(10-19)32-3/h5-6,11-16,18-20,24,35H,3-4,7-10,17H2,1-2H3;6-9,11-16,19,25H,5,10,17H2,1-4H3;4-15H,16H2,1-3H3/t;19-,25?;/m.0./s1. The second-order valence-corrected chi connectivity index (χ2v) is 26.8. The van der Waals surface area contributed by atoms with Crippen molar-refractivity contribution in [3.8, 4) is 68.3 Å². The molecule has 13 aromatic rings. The van der Waals surface area contributed by atoms with E-state index in [-0.39, 0.29) is 24.4 Å². The van der Waals surface area contributed by atoms with Gasteiger partial charge in [0.25, 0.3) is 0 Å². The van der Waals surface area contributed by atoms with Crippen molar-refractivity contribution >= 4 is 73.1 Å². The van der Waals surface area contributed by atoms with Gasteiger partial charge in [0, 0.05) is 163 Å². The molecule has 0 radical (unpaired) electrons. The van der Waals surface area contributed by atoms with E-state index in [1.807, 2.05) is 142 Å². The first-order chi connectivity index (χ1) is 51.7. The molecule has 3 fully saturated rings. The Balaban J connectivity index is 0.000000134. The lowest BCUT2D eigenvalue weighted by Gasteiger charge is -2.35. The Morgan fingerprint density at radius 1 is 0.500 bits per heavy atom. The van der Waals surface area contributed by atoms with Crippen LogP contribution in [0.3, 0.4) is 0 Å². The zero-order valence-corrected chi connectivity index (χ0v) is 60.9. The van der Waals surface area contributed by atoms with Crippen LogP contribution in [0, 0.1) is 23.7 Å². The molecule has 0 spiro atoms. The predicted molar refractivity (Wildman–Crippen MR) is 408 cm³/mol. The fraction of sp³-hybridized carbons (Fsp3) is 0.305. The number of hydrogen-bond acceptors (Lipinski definition) is 21. The van der Waals surface area contributed by atoms with E-state index >= 15 is 0 Å². The smallest absolute Gasteiger partial charge is 0.309 e. The Bertz CT molecular complexity index is 5140. The summed E-state index contributed by atoms with van der Waals surface area (Å²) in [5.41, 5.74) is 15.3. The second-order valence-electron chi connectivity index (χ2n) is 26.8. The number of nitrogens with zero attached hydrogens (tertiary/aromatic N) is 14. The molecule has 7 heterocycles. The monoisotopic (exact) mass is 1430 g/mol. The lowest BCUT2D eigenvalue weighted by atomic mass is 9.78. The molecule has 24 heteroatoms. The van der Waals surface area contributed by atoms with Crippen LogP contribution in [0.1, 0.15) is 57.3 Å². The molecule has 24 nitrogen and oxygen atoms in total. The van der Waals surface area contributed by atoms with Gasteiger partial charge in [-0.25, -0.2) is 15.0 Å². The molecule has 3 aliphatic rings. The van der Waals surface area contributed by atoms with Gasteiger partial charge in [0.2, 0.25) is 0 Å². The van der Waals surface area contributed by atoms with Crippen LogP contribution >= 0.6 is 0 Å². The van der Waals surface area contributed by atoms with Crippen LogP contribution in [0.2, 0.25) is 0 Å². The lowest BCUT2D eigenvalue weighted by Crippen LogP contribution is -2.27. The Morgan fingerprint density at radius 3 is 1.48 bits per heavy atom. The third-order valence-corrected chi connectivity index (χ3v) is 19.6. The first-order valence-electron chi connectivity index (χ1n) is 35.5. The molecule has 0 bridgehead atoms. The van der Waals surface area contributed by atoms with Gasteiger partial charge in [0.15, 0.2) is 0 Å². The summed E-state index contributed by atoms with van der Waals surface area (Å²) < 4.78 is 49.6. The number of aliphatic hydroxyl groups is 1. The van der Waals surface area contributed by atoms with E-state index in [2.05, 4.69) is 89.7 Å². The molecule has 6 aromatic carbocycles. The van der Waals surface area contributed by atoms with Crippen molar-refractivity contribution in [1.82, 2.24) is 54.3 Å². The molecule has 16 rings (SSSR count). The van der Waals surface area contributed by atoms with Crippen LogP contribution in [0.4, 0.5) is 34.1 Å². The number of benzene rings is 6. The topological polar surface area (TPSA) is 243 Å². The summed E-state index contributed by atoms with van der Waals surface area (Å²) in [6, 6.07) is 44.4. The largest absolute Gasteiger partial charge is 0.497 e. The van der Waals surface area contributed by atoms with E-state index < -0.39 is 0 Å². The molecule has 544 valence electrons. The molecule has 3 saturated carbocycles. The highest BCUT2D eigenvalue weighted by atomic mass is 16.5. The number of aromatic nitrogens is 11. The van der Waals surface area contributed by atoms with Crippen molar-refractivity contribution in [2.45, 2.75) is 58.0 Å². The van der Waals surface area contributed by atoms with E-state index in [1.165, 1.54) is 12.8 Å². The number of aliphatic hydroxyl groups excluding tert-OH is 1. The predicted octanol–water partition coefficient (Wildman–Crippen LogP) is 15.4. The minimum absolute atomic E-state index is 0.0734. The number of carbonyl (C=O) groups is 1. The summed E-state index contributed by atoms with van der Waals surface area (Å²) in [6.45, 7) is 4.61. The summed E-state index contributed by atoms with van der Waals surface area (Å²) in [4.78, 5) is 43.0. The molecule has 106 heavy (non-hydrogen) atoms. The van der Waals surface area contributed by atoms with Gasteiger partial charge in [-0.1, -0.05) is 12.1 Å². The highest BCUT2D eigenvalue weighted by Crippen LogP contribution is 2.46. The third-order valence-electron chi connectivity index (χ3n) is 19.6. The number of pyridine rings is 1. The molecule has 1 N–H and O–H groups in total. The summed E-state index contributed by atoms with van der Waals surface area (Å²) in [7, 11) is 13.7. The Hall–Kier alpha value is -12.1. The fourth-order valence-corrected chi connectivity index (χ4v) is 13.4. The second kappa shape index (κ2) is 31.9. The number of methoxy groups -OCH3 is 6. The van der Waals surface area contributed by atoms with Gasteiger partial charge in [0.1, 0.15) is 40.3 Å². The molecule has 0 saturated heterocycles. The highest BCUT2D eigenvalue weighted by Gasteiger charge is 2.45. The average Bonchev–Trinajstić information content (AvgIpc) is 1.51. The maximum atomic E-state index is 12.3. The SMILES string of the molecule is CCOC(=O)C1C[C@H]1CN(c1cc(OC)cc(OC)c1)c1ccc2ccc(-c3cnn(C)c3)nc2c1.COc1cc(OC)cc(N(CC2CC2)c2ccc3ncc(-c4cnn(C5CC(CCO)C5)c4)nc3c2)c1.COc1cc(OC)cc(N(Cc2ccco2)c2ccc3ncc(-c4cnn(C)c4)nc3c2)c1. The van der Waals surface area contributed by atoms with Crippen molar-refractivity contribution in [2.24, 2.45) is 37.8 Å². The first-order valence-corrected chi connectivity index (χ1v) is 35.5. The van der Waals surface area contributed by atoms with Gasteiger partial charge >= 0.3 is 5.97 Å². The van der Waals surface area contributed by atoms with Gasteiger partial charge in [0.05, 0.1) is 150 Å². The number of fused-ring (bicyclic) bond motifs is 3. The van der Waals surface area contributed by atoms with Crippen LogP contribution in [0.5, 0.6) is 34.5 Å². The molecule has 3 aliphatic carbocycles. The number of furan rings is 1. The van der Waals surface area contributed by atoms with Gasteiger partial charge in [-0.2, -0.15) is 15.3 Å². The van der Waals surface area contributed by atoms with Gasteiger partial charge in [-0.3, -0.25) is 28.8 Å². The number of ether oxygens (including phenoxy) is 7. The van der Waals surface area contributed by atoms with E-state index in [0.29, 0.717) is 60.6 Å². The van der Waals surface area contributed by atoms with Gasteiger partial charge < -0.3 is 57.4 Å². The Morgan fingerprint density at radius 2 is 0.981 bits per heavy atom. The lowest BCUT2D eigenvalue weighted by molar-refractivity contribution is -0.145. The van der Waals surface area contributed by atoms with Crippen molar-refractivity contribution in [3.05, 3.63) is 195 Å². The van der Waals surface area contributed by atoms with Crippen LogP contribution in [-0.4, -0.2) is 134 Å². The average molecular weight is 1430 g/mol. The maximum Gasteiger partial charge on any atom is 0.309 e. The Kier molecular flexibility index (Phi) is 21.4. The van der Waals surface area contributed by atoms with Gasteiger partial charge in [-0.15, -0.1) is 0 Å². The molecule has 1 unspecified atom stereocenters. The minimum Gasteiger partial charge on any atom is -0.497 e. The van der Waals surface area contributed by atoms with Gasteiger partial charge in [-0.05, 0) is 130 Å². The van der Waals surface area contributed by atoms with Crippen LogP contribution in [0.15, 0.2) is 194 Å². The molecular formula is C82H86N14O10. The molecule has 2 atom stereocenters. The minimum atomic E-state index is -0.119. The summed E-state index contributed by atoms with van der Waals surface area (Å²) >= 11 is 0. The van der Waals surface area contributed by atoms with Crippen molar-refractivity contribution in [1.29, 1.82) is 0 Å². The van der Waals surface area contributed by atoms with Crippen LogP contribution < -0.4 is 43.1 Å². The number of carbonyl (C=O) groups excluding carboxylic acids is 1. The fourth-order valence-electron chi connectivity index (χ4n) is 13.4. The quantitative estimate of drug-likeness (QED) is 0.0495. The molecule has 0 amide bonds. The van der Waals surface area contributed by atoms with E-state index in [9.17, 15) is 4.79 Å². The molecular weight excluding hydrogens is 1340 g/mol. The first kappa shape index (κ1) is 71.0. The normalized spacial score (nSPS) is 15.7. The Labute approximate surface area is 614 Å². The van der Waals surface area contributed by atoms with Crippen molar-refractivity contribution in [2.75, 3.05) is 83.7 Å². The zero-order valence-electron chi connectivity index (χ0n) is 60.9. The highest BCUT2D eigenvalue weighted by molar-refractivity contribution is 5.88. The van der Waals surface area contributed by atoms with Crippen molar-refractivity contribution in [3.63, 3.8) is 0 Å². The number of hydrogen-bond donors (Lipinski definition) is 1. The molecule has 0 aliphatic heterocycles. The van der Waals surface area contributed by atoms with E-state index in [0.717, 1.165) is 150 Å². The van der Waals surface area contributed by atoms with Crippen molar-refractivity contribution < 1.29 is 47.5 Å². The summed E-state index contributed by atoms with van der Waals surface area (Å²) in [5.74, 6) is 6.45.